The molecular formula is C21H19N. The van der Waals surface area contributed by atoms with E-state index in [0.29, 0.717) is 0 Å². The Kier molecular flexibility index (Phi) is 4.78. The average molecular weight is 285 g/mol. The number of rotatable bonds is 5. The molecule has 0 aliphatic rings. The van der Waals surface area contributed by atoms with Crippen molar-refractivity contribution in [2.75, 3.05) is 6.54 Å². The van der Waals surface area contributed by atoms with Gasteiger partial charge in [-0.25, -0.2) is 0 Å². The first-order valence-corrected chi connectivity index (χ1v) is 7.63. The van der Waals surface area contributed by atoms with Crippen molar-refractivity contribution in [1.82, 2.24) is 0 Å². The number of aliphatic imine (C=N–C) groups is 1. The molecule has 0 radical (unpaired) electrons. The maximum Gasteiger partial charge on any atom is 0.0719 e. The molecule has 0 saturated heterocycles. The fourth-order valence-electron chi connectivity index (χ4n) is 2.48. The van der Waals surface area contributed by atoms with E-state index in [1.165, 1.54) is 16.7 Å². The van der Waals surface area contributed by atoms with E-state index in [-0.39, 0.29) is 0 Å². The fourth-order valence-corrected chi connectivity index (χ4v) is 2.48. The molecule has 3 aromatic carbocycles. The van der Waals surface area contributed by atoms with E-state index >= 15 is 0 Å². The molecule has 0 aliphatic carbocycles. The molecule has 3 rings (SSSR count). The van der Waals surface area contributed by atoms with Gasteiger partial charge in [0.2, 0.25) is 0 Å². The lowest BCUT2D eigenvalue weighted by Gasteiger charge is -2.08. The predicted molar refractivity (Wildman–Crippen MR) is 93.5 cm³/mol. The molecule has 0 aliphatic heterocycles. The highest BCUT2D eigenvalue weighted by Gasteiger charge is 2.05. The van der Waals surface area contributed by atoms with Crippen LogP contribution in [0.3, 0.4) is 0 Å². The van der Waals surface area contributed by atoms with Crippen molar-refractivity contribution >= 4 is 5.71 Å². The van der Waals surface area contributed by atoms with Crippen molar-refractivity contribution in [3.05, 3.63) is 108 Å². The Bertz CT molecular complexity index is 674. The van der Waals surface area contributed by atoms with Gasteiger partial charge in [0.15, 0.2) is 0 Å². The largest absolute Gasteiger partial charge is 0.284 e. The first-order chi connectivity index (χ1) is 10.9. The van der Waals surface area contributed by atoms with Crippen molar-refractivity contribution in [3.8, 4) is 0 Å². The average Bonchev–Trinajstić information content (AvgIpc) is 2.61. The molecule has 0 spiro atoms. The Hall–Kier alpha value is -2.67. The van der Waals surface area contributed by atoms with Crippen LogP contribution in [-0.4, -0.2) is 12.3 Å². The van der Waals surface area contributed by atoms with Gasteiger partial charge >= 0.3 is 0 Å². The lowest BCUT2D eigenvalue weighted by atomic mass is 10.0. The molecule has 0 bridgehead atoms. The van der Waals surface area contributed by atoms with Crippen LogP contribution in [0.2, 0.25) is 0 Å². The van der Waals surface area contributed by atoms with Crippen LogP contribution in [0.15, 0.2) is 96.0 Å². The van der Waals surface area contributed by atoms with Crippen LogP contribution in [0.25, 0.3) is 0 Å². The predicted octanol–water partition coefficient (Wildman–Crippen LogP) is 4.77. The van der Waals surface area contributed by atoms with Crippen molar-refractivity contribution < 1.29 is 0 Å². The third kappa shape index (κ3) is 3.70. The van der Waals surface area contributed by atoms with Gasteiger partial charge < -0.3 is 0 Å². The lowest BCUT2D eigenvalue weighted by molar-refractivity contribution is 0.969. The Morgan fingerprint density at radius 3 is 1.55 bits per heavy atom. The topological polar surface area (TPSA) is 12.4 Å². The Morgan fingerprint density at radius 1 is 0.591 bits per heavy atom. The Labute approximate surface area is 132 Å². The van der Waals surface area contributed by atoms with Gasteiger partial charge in [0.1, 0.15) is 0 Å². The first kappa shape index (κ1) is 14.3. The van der Waals surface area contributed by atoms with Gasteiger partial charge in [0, 0.05) is 17.7 Å². The smallest absolute Gasteiger partial charge is 0.0719 e. The lowest BCUT2D eigenvalue weighted by Crippen LogP contribution is -2.05. The molecule has 0 heterocycles. The molecular weight excluding hydrogens is 266 g/mol. The molecule has 0 amide bonds. The number of nitrogens with zero attached hydrogens (tertiary/aromatic N) is 1. The minimum atomic E-state index is 0.795. The van der Waals surface area contributed by atoms with Crippen LogP contribution in [-0.2, 0) is 6.42 Å². The SMILES string of the molecule is c1ccc(CCN=C(c2ccccc2)c2ccccc2)cc1. The zero-order valence-corrected chi connectivity index (χ0v) is 12.5. The zero-order chi connectivity index (χ0) is 15.0. The van der Waals surface area contributed by atoms with Crippen molar-refractivity contribution in [2.45, 2.75) is 6.42 Å². The molecule has 22 heavy (non-hydrogen) atoms. The molecule has 0 atom stereocenters. The monoisotopic (exact) mass is 285 g/mol. The van der Waals surface area contributed by atoms with Gasteiger partial charge in [-0.05, 0) is 12.0 Å². The first-order valence-electron chi connectivity index (χ1n) is 7.63. The van der Waals surface area contributed by atoms with Gasteiger partial charge in [0.25, 0.3) is 0 Å². The zero-order valence-electron chi connectivity index (χ0n) is 12.5. The van der Waals surface area contributed by atoms with Crippen molar-refractivity contribution in [3.63, 3.8) is 0 Å². The van der Waals surface area contributed by atoms with Crippen LogP contribution < -0.4 is 0 Å². The van der Waals surface area contributed by atoms with Gasteiger partial charge in [-0.1, -0.05) is 91.0 Å². The second-order valence-electron chi connectivity index (χ2n) is 5.20. The number of hydrogen-bond acceptors (Lipinski definition) is 1. The summed E-state index contributed by atoms with van der Waals surface area (Å²) in [6.45, 7) is 0.795. The molecule has 0 saturated carbocycles. The third-order valence-corrected chi connectivity index (χ3v) is 3.61. The van der Waals surface area contributed by atoms with E-state index in [1.807, 2.05) is 18.2 Å². The molecule has 0 aromatic heterocycles. The summed E-state index contributed by atoms with van der Waals surface area (Å²) in [4.78, 5) is 4.88. The van der Waals surface area contributed by atoms with Crippen LogP contribution in [0.1, 0.15) is 16.7 Å². The molecule has 0 unspecified atom stereocenters. The highest BCUT2D eigenvalue weighted by molar-refractivity contribution is 6.12. The quantitative estimate of drug-likeness (QED) is 0.599. The minimum absolute atomic E-state index is 0.795. The van der Waals surface area contributed by atoms with Gasteiger partial charge in [-0.15, -0.1) is 0 Å². The summed E-state index contributed by atoms with van der Waals surface area (Å²) < 4.78 is 0. The summed E-state index contributed by atoms with van der Waals surface area (Å²) in [5, 5.41) is 0. The van der Waals surface area contributed by atoms with E-state index in [4.69, 9.17) is 4.99 Å². The molecule has 3 aromatic rings. The Balaban J connectivity index is 1.84. The molecule has 1 heteroatoms. The molecule has 0 N–H and O–H groups in total. The maximum atomic E-state index is 4.88. The van der Waals surface area contributed by atoms with E-state index in [9.17, 15) is 0 Å². The highest BCUT2D eigenvalue weighted by atomic mass is 14.7. The fraction of sp³-hybridized carbons (Fsp3) is 0.0952. The van der Waals surface area contributed by atoms with Crippen LogP contribution in [0.5, 0.6) is 0 Å². The normalized spacial score (nSPS) is 10.2. The van der Waals surface area contributed by atoms with Crippen LogP contribution in [0, 0.1) is 0 Å². The van der Waals surface area contributed by atoms with Crippen LogP contribution >= 0.6 is 0 Å². The third-order valence-electron chi connectivity index (χ3n) is 3.61. The number of hydrogen-bond donors (Lipinski definition) is 0. The van der Waals surface area contributed by atoms with Gasteiger partial charge in [0.05, 0.1) is 5.71 Å². The van der Waals surface area contributed by atoms with E-state index in [2.05, 4.69) is 72.8 Å². The summed E-state index contributed by atoms with van der Waals surface area (Å²) in [6.07, 6.45) is 0.962. The van der Waals surface area contributed by atoms with Crippen molar-refractivity contribution in [1.29, 1.82) is 0 Å². The summed E-state index contributed by atoms with van der Waals surface area (Å²) >= 11 is 0. The minimum Gasteiger partial charge on any atom is -0.284 e. The van der Waals surface area contributed by atoms with E-state index in [1.54, 1.807) is 0 Å². The van der Waals surface area contributed by atoms with E-state index < -0.39 is 0 Å². The van der Waals surface area contributed by atoms with Crippen molar-refractivity contribution in [2.24, 2.45) is 4.99 Å². The summed E-state index contributed by atoms with van der Waals surface area (Å²) in [5.41, 5.74) is 4.73. The second-order valence-corrected chi connectivity index (χ2v) is 5.20. The van der Waals surface area contributed by atoms with Gasteiger partial charge in [-0.3, -0.25) is 4.99 Å². The standard InChI is InChI=1S/C21H19N/c1-4-10-18(11-5-1)16-17-22-21(19-12-6-2-7-13-19)20-14-8-3-9-15-20/h1-15H,16-17H2. The number of benzene rings is 3. The summed E-state index contributed by atoms with van der Waals surface area (Å²) in [7, 11) is 0. The summed E-state index contributed by atoms with van der Waals surface area (Å²) in [5.74, 6) is 0. The summed E-state index contributed by atoms with van der Waals surface area (Å²) in [6, 6.07) is 31.3. The van der Waals surface area contributed by atoms with E-state index in [0.717, 1.165) is 18.7 Å². The Morgan fingerprint density at radius 2 is 1.05 bits per heavy atom. The highest BCUT2D eigenvalue weighted by Crippen LogP contribution is 2.11. The molecule has 0 fully saturated rings. The van der Waals surface area contributed by atoms with Crippen LogP contribution in [0.4, 0.5) is 0 Å². The van der Waals surface area contributed by atoms with Gasteiger partial charge in [-0.2, -0.15) is 0 Å². The molecule has 1 nitrogen and oxygen atoms in total. The maximum absolute atomic E-state index is 4.88. The molecule has 108 valence electrons. The second kappa shape index (κ2) is 7.37.